The topological polar surface area (TPSA) is 144 Å². The van der Waals surface area contributed by atoms with Crippen molar-refractivity contribution in [2.45, 2.75) is 78.7 Å². The maximum absolute atomic E-state index is 14.2. The highest BCUT2D eigenvalue weighted by atomic mass is 16.5. The van der Waals surface area contributed by atoms with Crippen LogP contribution in [0.25, 0.3) is 0 Å². The number of amides is 3. The monoisotopic (exact) mass is 665 g/mol. The lowest BCUT2D eigenvalue weighted by Crippen LogP contribution is -2.60. The van der Waals surface area contributed by atoms with Gasteiger partial charge in [0.15, 0.2) is 0 Å². The van der Waals surface area contributed by atoms with E-state index in [9.17, 15) is 19.2 Å². The van der Waals surface area contributed by atoms with Gasteiger partial charge in [0.2, 0.25) is 23.5 Å². The third-order valence-corrected chi connectivity index (χ3v) is 8.62. The molecule has 0 radical (unpaired) electrons. The Morgan fingerprint density at radius 3 is 2.20 bits per heavy atom. The number of Topliss-reactive ketones (excluding diaryl/α,β-unsaturated/α-hetero) is 1. The van der Waals surface area contributed by atoms with Gasteiger partial charge in [-0.15, -0.1) is 10.2 Å². The summed E-state index contributed by atoms with van der Waals surface area (Å²) >= 11 is 0. The number of hydrogen-bond donors (Lipinski definition) is 2. The predicted octanol–water partition coefficient (Wildman–Crippen LogP) is 5.20. The van der Waals surface area contributed by atoms with Crippen LogP contribution in [0.1, 0.15) is 72.1 Å². The second-order valence-corrected chi connectivity index (χ2v) is 13.1. The first-order valence-corrected chi connectivity index (χ1v) is 16.6. The number of fused-ring (bicyclic) bond motifs is 1. The van der Waals surface area contributed by atoms with E-state index >= 15 is 0 Å². The lowest BCUT2D eigenvalue weighted by atomic mass is 9.91. The molecular formula is C38H43N5O6. The minimum Gasteiger partial charge on any atom is -0.445 e. The third-order valence-electron chi connectivity index (χ3n) is 8.62. The standard InChI is InChI=1S/C38H43N5O6/c1-23(2)32(34(44)36-42-41-31(49-36)19-27-15-11-12-25(5)18-27)39-35(45)30-20-28-16-9-10-17-29(28)21-43(30)37(46)33(24(3)4)40-38(47)48-22-26-13-7-6-8-14-26/h6-18,23-24,30,32-33H,19-22H2,1-5H3,(H,39,45)(H,40,47)/t30?,32-,33-/m0/s1. The van der Waals surface area contributed by atoms with Crippen LogP contribution < -0.4 is 10.6 Å². The van der Waals surface area contributed by atoms with Crippen molar-refractivity contribution >= 4 is 23.7 Å². The maximum Gasteiger partial charge on any atom is 0.408 e. The molecule has 0 bridgehead atoms. The van der Waals surface area contributed by atoms with E-state index < -0.39 is 41.8 Å². The molecule has 1 aromatic heterocycles. The van der Waals surface area contributed by atoms with Crippen molar-refractivity contribution in [3.63, 3.8) is 0 Å². The van der Waals surface area contributed by atoms with Crippen molar-refractivity contribution in [2.75, 3.05) is 0 Å². The number of carbonyl (C=O) groups excluding carboxylic acids is 4. The Labute approximate surface area is 286 Å². The van der Waals surface area contributed by atoms with Crippen LogP contribution in [-0.2, 0) is 40.3 Å². The van der Waals surface area contributed by atoms with Crippen molar-refractivity contribution in [1.29, 1.82) is 0 Å². The van der Waals surface area contributed by atoms with Crippen molar-refractivity contribution in [1.82, 2.24) is 25.7 Å². The summed E-state index contributed by atoms with van der Waals surface area (Å²) in [6.07, 6.45) is -0.137. The number of ether oxygens (including phenoxy) is 1. The van der Waals surface area contributed by atoms with Crippen LogP contribution in [0.5, 0.6) is 0 Å². The van der Waals surface area contributed by atoms with Gasteiger partial charge in [0, 0.05) is 13.0 Å². The summed E-state index contributed by atoms with van der Waals surface area (Å²) in [5, 5.41) is 13.7. The molecule has 49 heavy (non-hydrogen) atoms. The number of nitrogens with one attached hydrogen (secondary N) is 2. The van der Waals surface area contributed by atoms with Crippen molar-refractivity contribution < 1.29 is 28.3 Å². The number of benzene rings is 3. The number of aromatic nitrogens is 2. The van der Waals surface area contributed by atoms with Gasteiger partial charge < -0.3 is 24.7 Å². The molecule has 11 heteroatoms. The molecule has 5 rings (SSSR count). The molecule has 4 aromatic rings. The summed E-state index contributed by atoms with van der Waals surface area (Å²) in [7, 11) is 0. The molecule has 2 N–H and O–H groups in total. The van der Waals surface area contributed by atoms with Gasteiger partial charge in [0.1, 0.15) is 18.7 Å². The molecule has 1 aliphatic rings. The van der Waals surface area contributed by atoms with Crippen molar-refractivity contribution in [3.8, 4) is 0 Å². The van der Waals surface area contributed by atoms with E-state index in [1.807, 2.05) is 113 Å². The molecule has 1 unspecified atom stereocenters. The first-order valence-electron chi connectivity index (χ1n) is 16.6. The highest BCUT2D eigenvalue weighted by molar-refractivity contribution is 6.00. The van der Waals surface area contributed by atoms with Crippen LogP contribution in [0, 0.1) is 18.8 Å². The van der Waals surface area contributed by atoms with Gasteiger partial charge in [-0.2, -0.15) is 0 Å². The first-order chi connectivity index (χ1) is 23.5. The maximum atomic E-state index is 14.2. The molecule has 0 saturated heterocycles. The normalized spacial score (nSPS) is 15.3. The predicted molar refractivity (Wildman–Crippen MR) is 182 cm³/mol. The Bertz CT molecular complexity index is 1790. The molecular weight excluding hydrogens is 622 g/mol. The number of nitrogens with zero attached hydrogens (tertiary/aromatic N) is 3. The Hall–Kier alpha value is -5.32. The molecule has 0 spiro atoms. The van der Waals surface area contributed by atoms with Crippen molar-refractivity contribution in [3.05, 3.63) is 118 Å². The Morgan fingerprint density at radius 1 is 0.837 bits per heavy atom. The number of aryl methyl sites for hydroxylation is 1. The summed E-state index contributed by atoms with van der Waals surface area (Å²) in [6.45, 7) is 9.45. The second kappa shape index (κ2) is 15.7. The molecule has 2 heterocycles. The smallest absolute Gasteiger partial charge is 0.408 e. The van der Waals surface area contributed by atoms with Crippen LogP contribution in [0.3, 0.4) is 0 Å². The fraction of sp³-hybridized carbons (Fsp3) is 0.368. The molecule has 3 atom stereocenters. The third kappa shape index (κ3) is 8.78. The van der Waals surface area contributed by atoms with E-state index in [-0.39, 0.29) is 43.2 Å². The minimum atomic E-state index is -0.985. The summed E-state index contributed by atoms with van der Waals surface area (Å²) in [5.74, 6) is -1.97. The lowest BCUT2D eigenvalue weighted by Gasteiger charge is -2.39. The highest BCUT2D eigenvalue weighted by Crippen LogP contribution is 2.26. The van der Waals surface area contributed by atoms with Gasteiger partial charge in [-0.1, -0.05) is 112 Å². The Morgan fingerprint density at radius 2 is 1.51 bits per heavy atom. The van der Waals surface area contributed by atoms with Crippen LogP contribution in [0.15, 0.2) is 83.3 Å². The van der Waals surface area contributed by atoms with E-state index in [2.05, 4.69) is 20.8 Å². The van der Waals surface area contributed by atoms with E-state index in [1.165, 1.54) is 4.90 Å². The molecule has 0 fully saturated rings. The quantitative estimate of drug-likeness (QED) is 0.197. The van der Waals surface area contributed by atoms with Gasteiger partial charge in [-0.3, -0.25) is 14.4 Å². The SMILES string of the molecule is Cc1cccc(Cc2nnc(C(=O)[C@@H](NC(=O)C3Cc4ccccc4CN3C(=O)[C@@H](NC(=O)OCc3ccccc3)C(C)C)C(C)C)o2)c1. The number of hydrogen-bond acceptors (Lipinski definition) is 8. The molecule has 3 aromatic carbocycles. The number of alkyl carbamates (subject to hydrolysis) is 1. The number of ketones is 1. The van der Waals surface area contributed by atoms with Crippen LogP contribution in [0.2, 0.25) is 0 Å². The Kier molecular flexibility index (Phi) is 11.2. The molecule has 256 valence electrons. The number of rotatable bonds is 12. The minimum absolute atomic E-state index is 0.0475. The van der Waals surface area contributed by atoms with E-state index in [0.717, 1.165) is 27.8 Å². The molecule has 0 aliphatic carbocycles. The van der Waals surface area contributed by atoms with Crippen LogP contribution >= 0.6 is 0 Å². The lowest BCUT2D eigenvalue weighted by molar-refractivity contribution is -0.144. The van der Waals surface area contributed by atoms with Gasteiger partial charge >= 0.3 is 6.09 Å². The van der Waals surface area contributed by atoms with Gasteiger partial charge in [0.05, 0.1) is 12.5 Å². The van der Waals surface area contributed by atoms with Gasteiger partial charge in [-0.05, 0) is 41.0 Å². The summed E-state index contributed by atoms with van der Waals surface area (Å²) in [6, 6.07) is 21.8. The molecule has 0 saturated carbocycles. The fourth-order valence-electron chi connectivity index (χ4n) is 5.91. The largest absolute Gasteiger partial charge is 0.445 e. The summed E-state index contributed by atoms with van der Waals surface area (Å²) in [4.78, 5) is 56.3. The van der Waals surface area contributed by atoms with Crippen molar-refractivity contribution in [2.24, 2.45) is 11.8 Å². The molecule has 11 nitrogen and oxygen atoms in total. The summed E-state index contributed by atoms with van der Waals surface area (Å²) in [5.41, 5.74) is 4.70. The zero-order valence-corrected chi connectivity index (χ0v) is 28.5. The number of carbonyl (C=O) groups is 4. The average Bonchev–Trinajstić information content (AvgIpc) is 3.56. The van der Waals surface area contributed by atoms with Crippen LogP contribution in [0.4, 0.5) is 4.79 Å². The molecule has 1 aliphatic heterocycles. The van der Waals surface area contributed by atoms with Crippen LogP contribution in [-0.4, -0.2) is 56.9 Å². The van der Waals surface area contributed by atoms with Gasteiger partial charge in [-0.25, -0.2) is 4.79 Å². The second-order valence-electron chi connectivity index (χ2n) is 13.1. The average molecular weight is 666 g/mol. The Balaban J connectivity index is 1.33. The van der Waals surface area contributed by atoms with E-state index in [0.29, 0.717) is 6.42 Å². The fourth-order valence-corrected chi connectivity index (χ4v) is 5.91. The van der Waals surface area contributed by atoms with E-state index in [1.54, 1.807) is 0 Å². The summed E-state index contributed by atoms with van der Waals surface area (Å²) < 4.78 is 11.2. The van der Waals surface area contributed by atoms with E-state index in [4.69, 9.17) is 9.15 Å². The zero-order chi connectivity index (χ0) is 35.1. The molecule has 3 amide bonds. The zero-order valence-electron chi connectivity index (χ0n) is 28.5. The first kappa shape index (κ1) is 35.0. The van der Waals surface area contributed by atoms with Gasteiger partial charge in [0.25, 0.3) is 5.89 Å². The highest BCUT2D eigenvalue weighted by Gasteiger charge is 2.41.